The number of carbonyl (C=O) groups is 1. The maximum Gasteiger partial charge on any atom is 0.305 e. The molecule has 9 heteroatoms. The monoisotopic (exact) mass is 486 g/mol. The van der Waals surface area contributed by atoms with Gasteiger partial charge in [0.15, 0.2) is 0 Å². The van der Waals surface area contributed by atoms with Crippen LogP contribution in [0.3, 0.4) is 0 Å². The van der Waals surface area contributed by atoms with Gasteiger partial charge in [0.1, 0.15) is 11.6 Å². The van der Waals surface area contributed by atoms with Gasteiger partial charge >= 0.3 is 5.97 Å². The van der Waals surface area contributed by atoms with Crippen molar-refractivity contribution in [3.05, 3.63) is 71.8 Å². The van der Waals surface area contributed by atoms with Crippen LogP contribution in [-0.2, 0) is 17.6 Å². The minimum Gasteiger partial charge on any atom is -0.493 e. The molecule has 5 rings (SSSR count). The summed E-state index contributed by atoms with van der Waals surface area (Å²) in [6, 6.07) is 11.5. The Morgan fingerprint density at radius 2 is 2.08 bits per heavy atom. The first-order valence-electron chi connectivity index (χ1n) is 12.1. The first kappa shape index (κ1) is 23.6. The molecule has 4 aromatic rings. The first-order chi connectivity index (χ1) is 17.5. The predicted molar refractivity (Wildman–Crippen MR) is 139 cm³/mol. The van der Waals surface area contributed by atoms with Crippen molar-refractivity contribution in [1.82, 2.24) is 19.7 Å². The van der Waals surface area contributed by atoms with E-state index in [-0.39, 0.29) is 6.42 Å². The Hall–Kier alpha value is -4.14. The number of rotatable bonds is 9. The third-order valence-electron chi connectivity index (χ3n) is 6.46. The second-order valence-corrected chi connectivity index (χ2v) is 9.23. The van der Waals surface area contributed by atoms with E-state index in [1.807, 2.05) is 43.3 Å². The van der Waals surface area contributed by atoms with Gasteiger partial charge in [0.2, 0.25) is 0 Å². The number of aryl methyl sites for hydroxylation is 1. The number of carboxylic acids is 1. The van der Waals surface area contributed by atoms with E-state index in [9.17, 15) is 9.90 Å². The van der Waals surface area contributed by atoms with Gasteiger partial charge in [-0.1, -0.05) is 6.07 Å². The molecule has 1 atom stereocenters. The highest BCUT2D eigenvalue weighted by Gasteiger charge is 2.22. The van der Waals surface area contributed by atoms with Crippen LogP contribution < -0.4 is 15.0 Å². The number of benzene rings is 1. The molecule has 0 saturated heterocycles. The molecule has 0 radical (unpaired) electrons. The van der Waals surface area contributed by atoms with Crippen LogP contribution >= 0.6 is 0 Å². The quantitative estimate of drug-likeness (QED) is 0.367. The molecule has 0 saturated carbocycles. The van der Waals surface area contributed by atoms with Crippen LogP contribution in [0.5, 0.6) is 5.75 Å². The number of fused-ring (bicyclic) bond motifs is 2. The molecular formula is C27H30N6O3. The molecular weight excluding hydrogens is 456 g/mol. The van der Waals surface area contributed by atoms with Gasteiger partial charge in [-0.15, -0.1) is 0 Å². The van der Waals surface area contributed by atoms with Gasteiger partial charge in [-0.2, -0.15) is 5.10 Å². The Balaban J connectivity index is 1.32. The van der Waals surface area contributed by atoms with Crippen molar-refractivity contribution in [2.75, 3.05) is 37.5 Å². The molecule has 0 bridgehead atoms. The van der Waals surface area contributed by atoms with Gasteiger partial charge in [0, 0.05) is 44.3 Å². The van der Waals surface area contributed by atoms with Crippen LogP contribution in [0.1, 0.15) is 35.7 Å². The van der Waals surface area contributed by atoms with E-state index in [0.717, 1.165) is 58.8 Å². The Morgan fingerprint density at radius 3 is 2.92 bits per heavy atom. The fraction of sp³-hybridized carbons (Fsp3) is 0.333. The minimum absolute atomic E-state index is 0.101. The number of aliphatic carboxylic acids is 1. The number of anilines is 2. The molecule has 0 fully saturated rings. The van der Waals surface area contributed by atoms with Gasteiger partial charge in [-0.05, 0) is 54.3 Å². The number of hydrogen-bond acceptors (Lipinski definition) is 7. The van der Waals surface area contributed by atoms with Crippen molar-refractivity contribution in [3.8, 4) is 5.75 Å². The Kier molecular flexibility index (Phi) is 6.71. The highest BCUT2D eigenvalue weighted by atomic mass is 16.5. The maximum absolute atomic E-state index is 11.7. The zero-order valence-corrected chi connectivity index (χ0v) is 20.5. The lowest BCUT2D eigenvalue weighted by Crippen LogP contribution is -2.17. The predicted octanol–water partition coefficient (Wildman–Crippen LogP) is 3.94. The van der Waals surface area contributed by atoms with Crippen molar-refractivity contribution >= 4 is 28.4 Å². The summed E-state index contributed by atoms with van der Waals surface area (Å²) in [4.78, 5) is 22.7. The third kappa shape index (κ3) is 5.10. The van der Waals surface area contributed by atoms with E-state index in [2.05, 4.69) is 27.5 Å². The zero-order chi connectivity index (χ0) is 25.1. The van der Waals surface area contributed by atoms with E-state index in [0.29, 0.717) is 13.0 Å². The second kappa shape index (κ2) is 10.2. The summed E-state index contributed by atoms with van der Waals surface area (Å²) in [5, 5.41) is 18.4. The van der Waals surface area contributed by atoms with E-state index >= 15 is 0 Å². The standard InChI is InChI=1S/C27H30N6O3/c1-32(2)22-12-19(15-28-17-22)25(14-26(34)35)33-24-8-7-23(13-20(24)16-30-33)36-11-9-21-6-5-18-4-3-10-29-27(18)31-21/h5-8,12-13,15-17,25H,3-4,9-11,14H2,1-2H3,(H,29,31)(H,34,35). The summed E-state index contributed by atoms with van der Waals surface area (Å²) < 4.78 is 7.77. The molecule has 9 nitrogen and oxygen atoms in total. The third-order valence-corrected chi connectivity index (χ3v) is 6.46. The molecule has 1 aliphatic rings. The second-order valence-electron chi connectivity index (χ2n) is 9.23. The molecule has 4 heterocycles. The molecule has 36 heavy (non-hydrogen) atoms. The van der Waals surface area contributed by atoms with Crippen LogP contribution in [0.2, 0.25) is 0 Å². The van der Waals surface area contributed by atoms with E-state index in [4.69, 9.17) is 9.72 Å². The Bertz CT molecular complexity index is 1380. The highest BCUT2D eigenvalue weighted by Crippen LogP contribution is 2.30. The van der Waals surface area contributed by atoms with Crippen LogP contribution in [0.25, 0.3) is 10.9 Å². The van der Waals surface area contributed by atoms with Crippen LogP contribution in [0, 0.1) is 0 Å². The molecule has 0 aliphatic carbocycles. The van der Waals surface area contributed by atoms with Crippen LogP contribution in [0.15, 0.2) is 55.0 Å². The first-order valence-corrected chi connectivity index (χ1v) is 12.1. The fourth-order valence-corrected chi connectivity index (χ4v) is 4.53. The molecule has 3 aromatic heterocycles. The number of hydrogen-bond donors (Lipinski definition) is 2. The van der Waals surface area contributed by atoms with E-state index < -0.39 is 12.0 Å². The number of nitrogens with one attached hydrogen (secondary N) is 1. The molecule has 1 aliphatic heterocycles. The Morgan fingerprint density at radius 1 is 1.19 bits per heavy atom. The van der Waals surface area contributed by atoms with Crippen molar-refractivity contribution in [2.24, 2.45) is 0 Å². The van der Waals surface area contributed by atoms with Crippen molar-refractivity contribution in [2.45, 2.75) is 31.7 Å². The van der Waals surface area contributed by atoms with Crippen molar-refractivity contribution in [3.63, 3.8) is 0 Å². The average Bonchev–Trinajstić information content (AvgIpc) is 3.30. The number of carboxylic acid groups (broad SMARTS) is 1. The number of aromatic nitrogens is 4. The van der Waals surface area contributed by atoms with Gasteiger partial charge < -0.3 is 20.1 Å². The smallest absolute Gasteiger partial charge is 0.305 e. The number of nitrogens with zero attached hydrogens (tertiary/aromatic N) is 5. The molecule has 0 amide bonds. The molecule has 0 spiro atoms. The van der Waals surface area contributed by atoms with Crippen LogP contribution in [0.4, 0.5) is 11.5 Å². The fourth-order valence-electron chi connectivity index (χ4n) is 4.53. The van der Waals surface area contributed by atoms with Crippen molar-refractivity contribution < 1.29 is 14.6 Å². The Labute approximate surface area is 209 Å². The van der Waals surface area contributed by atoms with E-state index in [1.54, 1.807) is 23.3 Å². The van der Waals surface area contributed by atoms with Gasteiger partial charge in [0.25, 0.3) is 0 Å². The summed E-state index contributed by atoms with van der Waals surface area (Å²) in [5.74, 6) is 0.837. The lowest BCUT2D eigenvalue weighted by molar-refractivity contribution is -0.137. The van der Waals surface area contributed by atoms with E-state index in [1.165, 1.54) is 5.56 Å². The lowest BCUT2D eigenvalue weighted by Gasteiger charge is -2.20. The average molecular weight is 487 g/mol. The summed E-state index contributed by atoms with van der Waals surface area (Å²) in [6.07, 6.45) is 8.03. The number of ether oxygens (including phenoxy) is 1. The summed E-state index contributed by atoms with van der Waals surface area (Å²) in [6.45, 7) is 1.48. The van der Waals surface area contributed by atoms with Crippen LogP contribution in [-0.4, -0.2) is 58.1 Å². The molecule has 1 aromatic carbocycles. The minimum atomic E-state index is -0.898. The summed E-state index contributed by atoms with van der Waals surface area (Å²) in [7, 11) is 3.85. The largest absolute Gasteiger partial charge is 0.493 e. The topological polar surface area (TPSA) is 105 Å². The van der Waals surface area contributed by atoms with Gasteiger partial charge in [0.05, 0.1) is 42.7 Å². The lowest BCUT2D eigenvalue weighted by atomic mass is 10.0. The normalized spacial score (nSPS) is 13.6. The number of pyridine rings is 2. The highest BCUT2D eigenvalue weighted by molar-refractivity contribution is 5.81. The van der Waals surface area contributed by atoms with Gasteiger partial charge in [-0.3, -0.25) is 14.5 Å². The summed E-state index contributed by atoms with van der Waals surface area (Å²) in [5.41, 5.74) is 4.81. The molecule has 2 N–H and O–H groups in total. The molecule has 1 unspecified atom stereocenters. The van der Waals surface area contributed by atoms with Crippen molar-refractivity contribution in [1.29, 1.82) is 0 Å². The van der Waals surface area contributed by atoms with Gasteiger partial charge in [-0.25, -0.2) is 4.98 Å². The zero-order valence-electron chi connectivity index (χ0n) is 20.5. The maximum atomic E-state index is 11.7. The summed E-state index contributed by atoms with van der Waals surface area (Å²) >= 11 is 0. The SMILES string of the molecule is CN(C)c1cncc(C(CC(=O)O)n2ncc3cc(OCCc4ccc5c(n4)NCCC5)ccc32)c1. The molecule has 186 valence electrons.